The molecule has 6 nitrogen and oxygen atoms in total. The summed E-state index contributed by atoms with van der Waals surface area (Å²) < 4.78 is 5.25. The van der Waals surface area contributed by atoms with Crippen LogP contribution >= 0.6 is 11.3 Å². The average Bonchev–Trinajstić information content (AvgIpc) is 3.18. The Hall–Kier alpha value is -3.45. The van der Waals surface area contributed by atoms with Crippen molar-refractivity contribution < 1.29 is 19.1 Å². The van der Waals surface area contributed by atoms with Crippen LogP contribution in [0.1, 0.15) is 61.3 Å². The highest BCUT2D eigenvalue weighted by molar-refractivity contribution is 7.17. The van der Waals surface area contributed by atoms with Crippen molar-refractivity contribution in [2.24, 2.45) is 0 Å². The summed E-state index contributed by atoms with van der Waals surface area (Å²) in [5.41, 5.74) is 3.08. The highest BCUT2D eigenvalue weighted by atomic mass is 32.1. The first-order valence-corrected chi connectivity index (χ1v) is 11.5. The van der Waals surface area contributed by atoms with Gasteiger partial charge < -0.3 is 15.4 Å². The van der Waals surface area contributed by atoms with Gasteiger partial charge in [0.25, 0.3) is 11.8 Å². The lowest BCUT2D eigenvalue weighted by Crippen LogP contribution is -2.16. The molecule has 0 bridgehead atoms. The van der Waals surface area contributed by atoms with E-state index in [0.29, 0.717) is 27.4 Å². The van der Waals surface area contributed by atoms with E-state index in [1.807, 2.05) is 6.07 Å². The zero-order valence-corrected chi connectivity index (χ0v) is 18.6. The molecular weight excluding hydrogens is 424 g/mol. The number of nitrogens with one attached hydrogen (secondary N) is 2. The summed E-state index contributed by atoms with van der Waals surface area (Å²) in [6, 6.07) is 15.6. The van der Waals surface area contributed by atoms with Crippen molar-refractivity contribution in [3.05, 3.63) is 81.7 Å². The Morgan fingerprint density at radius 1 is 0.875 bits per heavy atom. The molecule has 2 N–H and O–H groups in total. The average molecular weight is 449 g/mol. The molecule has 1 aliphatic rings. The molecule has 0 saturated carbocycles. The van der Waals surface area contributed by atoms with Gasteiger partial charge in [-0.25, -0.2) is 4.79 Å². The van der Waals surface area contributed by atoms with Crippen molar-refractivity contribution in [2.75, 3.05) is 17.2 Å². The molecule has 0 fully saturated rings. The number of amides is 2. The van der Waals surface area contributed by atoms with E-state index < -0.39 is 0 Å². The molecule has 0 aliphatic heterocycles. The number of fused-ring (bicyclic) bond motifs is 1. The molecule has 32 heavy (non-hydrogen) atoms. The summed E-state index contributed by atoms with van der Waals surface area (Å²) in [7, 11) is 0. The Kier molecular flexibility index (Phi) is 6.66. The zero-order chi connectivity index (χ0) is 22.5. The van der Waals surface area contributed by atoms with Gasteiger partial charge in [0.15, 0.2) is 0 Å². The summed E-state index contributed by atoms with van der Waals surface area (Å²) in [6.07, 6.45) is 3.85. The minimum absolute atomic E-state index is 0.217. The molecule has 164 valence electrons. The largest absolute Gasteiger partial charge is 0.462 e. The summed E-state index contributed by atoms with van der Waals surface area (Å²) in [5, 5.41) is 6.26. The first-order valence-electron chi connectivity index (χ1n) is 10.7. The van der Waals surface area contributed by atoms with Crippen molar-refractivity contribution >= 4 is 39.8 Å². The first kappa shape index (κ1) is 21.8. The van der Waals surface area contributed by atoms with Crippen LogP contribution in [0.5, 0.6) is 0 Å². The van der Waals surface area contributed by atoms with Gasteiger partial charge >= 0.3 is 5.97 Å². The molecule has 7 heteroatoms. The Labute approximate surface area is 190 Å². The third-order valence-electron chi connectivity index (χ3n) is 5.32. The van der Waals surface area contributed by atoms with Gasteiger partial charge in [-0.1, -0.05) is 18.2 Å². The molecule has 1 aromatic heterocycles. The van der Waals surface area contributed by atoms with Gasteiger partial charge in [-0.15, -0.1) is 11.3 Å². The predicted molar refractivity (Wildman–Crippen MR) is 126 cm³/mol. The zero-order valence-electron chi connectivity index (χ0n) is 17.8. The van der Waals surface area contributed by atoms with E-state index in [0.717, 1.165) is 36.1 Å². The molecule has 3 aromatic rings. The third-order valence-corrected chi connectivity index (χ3v) is 6.53. The molecule has 2 aromatic carbocycles. The number of anilines is 2. The van der Waals surface area contributed by atoms with Gasteiger partial charge in [0, 0.05) is 21.7 Å². The van der Waals surface area contributed by atoms with E-state index in [2.05, 4.69) is 10.6 Å². The van der Waals surface area contributed by atoms with E-state index in [9.17, 15) is 14.4 Å². The SMILES string of the molecule is CCOC(=O)c1c(NC(=O)c2ccc(NC(=O)c3ccccc3)cc2)sc2c1CCCC2. The molecule has 0 spiro atoms. The number of carbonyl (C=O) groups excluding carboxylic acids is 3. The monoisotopic (exact) mass is 448 g/mol. The number of ether oxygens (including phenoxy) is 1. The number of esters is 1. The minimum atomic E-state index is -0.388. The van der Waals surface area contributed by atoms with Crippen LogP contribution in [-0.2, 0) is 17.6 Å². The fraction of sp³-hybridized carbons (Fsp3) is 0.240. The number of hydrogen-bond acceptors (Lipinski definition) is 5. The van der Waals surface area contributed by atoms with Crippen LogP contribution in [0.4, 0.5) is 10.7 Å². The van der Waals surface area contributed by atoms with Crippen molar-refractivity contribution in [3.8, 4) is 0 Å². The van der Waals surface area contributed by atoms with Crippen LogP contribution in [0.25, 0.3) is 0 Å². The van der Waals surface area contributed by atoms with Crippen molar-refractivity contribution in [3.63, 3.8) is 0 Å². The maximum atomic E-state index is 12.9. The van der Waals surface area contributed by atoms with Crippen LogP contribution in [0.2, 0.25) is 0 Å². The molecule has 0 atom stereocenters. The van der Waals surface area contributed by atoms with Crippen molar-refractivity contribution in [2.45, 2.75) is 32.6 Å². The normalized spacial score (nSPS) is 12.5. The minimum Gasteiger partial charge on any atom is -0.462 e. The lowest BCUT2D eigenvalue weighted by molar-refractivity contribution is 0.0526. The van der Waals surface area contributed by atoms with Gasteiger partial charge in [-0.2, -0.15) is 0 Å². The Bertz CT molecular complexity index is 1140. The molecule has 4 rings (SSSR count). The maximum Gasteiger partial charge on any atom is 0.341 e. The van der Waals surface area contributed by atoms with E-state index in [4.69, 9.17) is 4.74 Å². The number of hydrogen-bond donors (Lipinski definition) is 2. The van der Waals surface area contributed by atoms with E-state index in [1.54, 1.807) is 55.5 Å². The molecule has 0 saturated heterocycles. The molecule has 1 heterocycles. The molecule has 0 radical (unpaired) electrons. The second-order valence-electron chi connectivity index (χ2n) is 7.49. The van der Waals surface area contributed by atoms with Gasteiger partial charge in [-0.3, -0.25) is 9.59 Å². The predicted octanol–water partition coefficient (Wildman–Crippen LogP) is 5.31. The number of thiophene rings is 1. The van der Waals surface area contributed by atoms with E-state index >= 15 is 0 Å². The number of benzene rings is 2. The second-order valence-corrected chi connectivity index (χ2v) is 8.59. The third kappa shape index (κ3) is 4.73. The summed E-state index contributed by atoms with van der Waals surface area (Å²) >= 11 is 1.46. The molecule has 2 amide bonds. The number of rotatable bonds is 6. The Morgan fingerprint density at radius 3 is 2.25 bits per heavy atom. The Balaban J connectivity index is 1.49. The van der Waals surface area contributed by atoms with Gasteiger partial charge in [0.2, 0.25) is 0 Å². The van der Waals surface area contributed by atoms with Crippen LogP contribution in [-0.4, -0.2) is 24.4 Å². The van der Waals surface area contributed by atoms with Crippen LogP contribution in [0.3, 0.4) is 0 Å². The molecule has 1 aliphatic carbocycles. The smallest absolute Gasteiger partial charge is 0.341 e. The fourth-order valence-corrected chi connectivity index (χ4v) is 5.02. The van der Waals surface area contributed by atoms with Gasteiger partial charge in [0.1, 0.15) is 5.00 Å². The highest BCUT2D eigenvalue weighted by Gasteiger charge is 2.27. The lowest BCUT2D eigenvalue weighted by Gasteiger charge is -2.12. The van der Waals surface area contributed by atoms with E-state index in [-0.39, 0.29) is 24.4 Å². The highest BCUT2D eigenvalue weighted by Crippen LogP contribution is 2.38. The second kappa shape index (κ2) is 9.78. The summed E-state index contributed by atoms with van der Waals surface area (Å²) in [6.45, 7) is 2.06. The van der Waals surface area contributed by atoms with E-state index in [1.165, 1.54) is 11.3 Å². The van der Waals surface area contributed by atoms with Crippen molar-refractivity contribution in [1.82, 2.24) is 0 Å². The standard InChI is InChI=1S/C25H24N2O4S/c1-2-31-25(30)21-19-10-6-7-11-20(19)32-24(21)27-23(29)17-12-14-18(15-13-17)26-22(28)16-8-4-3-5-9-16/h3-5,8-9,12-15H,2,6-7,10-11H2,1H3,(H,26,28)(H,27,29). The van der Waals surface area contributed by atoms with Crippen LogP contribution in [0, 0.1) is 0 Å². The first-order chi connectivity index (χ1) is 15.6. The lowest BCUT2D eigenvalue weighted by atomic mass is 9.95. The summed E-state index contributed by atoms with van der Waals surface area (Å²) in [5.74, 6) is -0.915. The van der Waals surface area contributed by atoms with Crippen LogP contribution < -0.4 is 10.6 Å². The summed E-state index contributed by atoms with van der Waals surface area (Å²) in [4.78, 5) is 38.9. The number of aryl methyl sites for hydroxylation is 1. The van der Waals surface area contributed by atoms with Gasteiger partial charge in [-0.05, 0) is 74.6 Å². The van der Waals surface area contributed by atoms with Gasteiger partial charge in [0.05, 0.1) is 12.2 Å². The van der Waals surface area contributed by atoms with Crippen molar-refractivity contribution in [1.29, 1.82) is 0 Å². The fourth-order valence-electron chi connectivity index (χ4n) is 3.75. The maximum absolute atomic E-state index is 12.9. The molecule has 0 unspecified atom stereocenters. The quantitative estimate of drug-likeness (QED) is 0.501. The van der Waals surface area contributed by atoms with Crippen LogP contribution in [0.15, 0.2) is 54.6 Å². The molecular formula is C25H24N2O4S. The number of carbonyl (C=O) groups is 3. The Morgan fingerprint density at radius 2 is 1.53 bits per heavy atom. The topological polar surface area (TPSA) is 84.5 Å².